The van der Waals surface area contributed by atoms with Gasteiger partial charge in [0.25, 0.3) is 5.91 Å². The first-order valence-corrected chi connectivity index (χ1v) is 7.35. The summed E-state index contributed by atoms with van der Waals surface area (Å²) >= 11 is 0. The van der Waals surface area contributed by atoms with Gasteiger partial charge in [0.15, 0.2) is 0 Å². The van der Waals surface area contributed by atoms with E-state index in [2.05, 4.69) is 10.5 Å². The summed E-state index contributed by atoms with van der Waals surface area (Å²) in [5, 5.41) is 13.8. The molecule has 24 heavy (non-hydrogen) atoms. The minimum absolute atomic E-state index is 0.0883. The molecule has 126 valence electrons. The van der Waals surface area contributed by atoms with Crippen LogP contribution in [0.25, 0.3) is 0 Å². The average molecular weight is 328 g/mol. The van der Waals surface area contributed by atoms with Crippen LogP contribution >= 0.6 is 0 Å². The average Bonchev–Trinajstić information content (AvgIpc) is 2.60. The summed E-state index contributed by atoms with van der Waals surface area (Å²) in [6, 6.07) is 11.9. The van der Waals surface area contributed by atoms with Gasteiger partial charge >= 0.3 is 0 Å². The molecule has 2 N–H and O–H groups in total. The fourth-order valence-corrected chi connectivity index (χ4v) is 2.20. The molecular formula is C18H20N2O4. The summed E-state index contributed by atoms with van der Waals surface area (Å²) in [6.07, 6.45) is 0. The van der Waals surface area contributed by atoms with Gasteiger partial charge in [0.1, 0.15) is 11.5 Å². The number of methoxy groups -OCH3 is 2. The Kier molecular flexibility index (Phi) is 5.92. The van der Waals surface area contributed by atoms with Crippen LogP contribution in [0.4, 0.5) is 0 Å². The van der Waals surface area contributed by atoms with Crippen molar-refractivity contribution in [3.63, 3.8) is 0 Å². The Balaban J connectivity index is 2.17. The number of nitrogens with one attached hydrogen (secondary N) is 1. The number of hydrogen-bond acceptors (Lipinski definition) is 5. The number of carbonyl (C=O) groups excluding carboxylic acids is 1. The molecule has 0 aliphatic rings. The van der Waals surface area contributed by atoms with E-state index in [1.165, 1.54) is 12.1 Å². The number of benzene rings is 2. The highest BCUT2D eigenvalue weighted by Gasteiger charge is 2.10. The lowest BCUT2D eigenvalue weighted by Gasteiger charge is -2.10. The van der Waals surface area contributed by atoms with E-state index < -0.39 is 5.91 Å². The van der Waals surface area contributed by atoms with Crippen LogP contribution in [0.15, 0.2) is 47.6 Å². The van der Waals surface area contributed by atoms with E-state index in [1.54, 1.807) is 33.3 Å². The topological polar surface area (TPSA) is 80.2 Å². The molecule has 2 rings (SSSR count). The maximum absolute atomic E-state index is 12.1. The highest BCUT2D eigenvalue weighted by Crippen LogP contribution is 2.21. The van der Waals surface area contributed by atoms with E-state index in [0.717, 1.165) is 16.9 Å². The summed E-state index contributed by atoms with van der Waals surface area (Å²) in [6.45, 7) is 2.19. The maximum Gasteiger partial charge on any atom is 0.275 e. The van der Waals surface area contributed by atoms with Crippen molar-refractivity contribution in [3.05, 3.63) is 59.2 Å². The van der Waals surface area contributed by atoms with Crippen LogP contribution in [0, 0.1) is 0 Å². The van der Waals surface area contributed by atoms with Crippen LogP contribution in [0.1, 0.15) is 28.4 Å². The molecule has 0 spiro atoms. The minimum atomic E-state index is -0.474. The Morgan fingerprint density at radius 2 is 1.96 bits per heavy atom. The number of hydrogen-bond donors (Lipinski definition) is 2. The van der Waals surface area contributed by atoms with Gasteiger partial charge in [-0.25, -0.2) is 5.43 Å². The minimum Gasteiger partial charge on any atom is -0.507 e. The van der Waals surface area contributed by atoms with Crippen LogP contribution in [-0.2, 0) is 11.3 Å². The number of ether oxygens (including phenoxy) is 2. The molecule has 1 amide bonds. The number of rotatable bonds is 6. The molecule has 2 aromatic rings. The van der Waals surface area contributed by atoms with Crippen molar-refractivity contribution in [1.82, 2.24) is 5.43 Å². The SMILES string of the molecule is COCc1cc(/C(C)=N\NC(=O)c2ccccc2O)ccc1OC. The Morgan fingerprint density at radius 3 is 2.62 bits per heavy atom. The van der Waals surface area contributed by atoms with Crippen LogP contribution in [0.2, 0.25) is 0 Å². The highest BCUT2D eigenvalue weighted by molar-refractivity contribution is 6.01. The largest absolute Gasteiger partial charge is 0.507 e. The molecular weight excluding hydrogens is 308 g/mol. The number of nitrogens with zero attached hydrogens (tertiary/aromatic N) is 1. The third-order valence-corrected chi connectivity index (χ3v) is 3.47. The summed E-state index contributed by atoms with van der Waals surface area (Å²) < 4.78 is 10.4. The quantitative estimate of drug-likeness (QED) is 0.631. The lowest BCUT2D eigenvalue weighted by molar-refractivity contribution is 0.0952. The summed E-state index contributed by atoms with van der Waals surface area (Å²) in [4.78, 5) is 12.1. The fraction of sp³-hybridized carbons (Fsp3) is 0.222. The van der Waals surface area contributed by atoms with E-state index in [0.29, 0.717) is 12.3 Å². The molecule has 0 bridgehead atoms. The van der Waals surface area contributed by atoms with Gasteiger partial charge in [-0.15, -0.1) is 0 Å². The predicted octanol–water partition coefficient (Wildman–Crippen LogP) is 2.70. The van der Waals surface area contributed by atoms with E-state index in [9.17, 15) is 9.90 Å². The highest BCUT2D eigenvalue weighted by atomic mass is 16.5. The molecule has 0 fully saturated rings. The van der Waals surface area contributed by atoms with Crippen molar-refractivity contribution in [2.24, 2.45) is 5.10 Å². The second kappa shape index (κ2) is 8.12. The first-order valence-electron chi connectivity index (χ1n) is 7.35. The molecule has 0 heterocycles. The number of aromatic hydroxyl groups is 1. The maximum atomic E-state index is 12.1. The van der Waals surface area contributed by atoms with Gasteiger partial charge in [0.05, 0.1) is 25.0 Å². The van der Waals surface area contributed by atoms with Gasteiger partial charge in [-0.1, -0.05) is 12.1 Å². The fourth-order valence-electron chi connectivity index (χ4n) is 2.20. The third-order valence-electron chi connectivity index (χ3n) is 3.47. The van der Waals surface area contributed by atoms with Crippen LogP contribution in [-0.4, -0.2) is 30.9 Å². The van der Waals surface area contributed by atoms with Gasteiger partial charge < -0.3 is 14.6 Å². The lowest BCUT2D eigenvalue weighted by atomic mass is 10.1. The second-order valence-electron chi connectivity index (χ2n) is 5.11. The Bertz CT molecular complexity index is 756. The monoisotopic (exact) mass is 328 g/mol. The Labute approximate surface area is 140 Å². The molecule has 0 aromatic heterocycles. The molecule has 6 heteroatoms. The number of amides is 1. The summed E-state index contributed by atoms with van der Waals surface area (Å²) in [5.74, 6) is 0.166. The van der Waals surface area contributed by atoms with Gasteiger partial charge in [-0.3, -0.25) is 4.79 Å². The van der Waals surface area contributed by atoms with Gasteiger partial charge in [-0.05, 0) is 42.8 Å². The zero-order chi connectivity index (χ0) is 17.5. The second-order valence-corrected chi connectivity index (χ2v) is 5.11. The zero-order valence-corrected chi connectivity index (χ0v) is 13.9. The van der Waals surface area contributed by atoms with E-state index in [1.807, 2.05) is 18.2 Å². The number of para-hydroxylation sites is 1. The zero-order valence-electron chi connectivity index (χ0n) is 13.9. The summed E-state index contributed by atoms with van der Waals surface area (Å²) in [5.41, 5.74) is 4.96. The van der Waals surface area contributed by atoms with E-state index >= 15 is 0 Å². The molecule has 0 radical (unpaired) electrons. The van der Waals surface area contributed by atoms with Crippen LogP contribution in [0.3, 0.4) is 0 Å². The summed E-state index contributed by atoms with van der Waals surface area (Å²) in [7, 11) is 3.21. The van der Waals surface area contributed by atoms with Gasteiger partial charge in [0.2, 0.25) is 0 Å². The molecule has 0 saturated carbocycles. The number of hydrazone groups is 1. The predicted molar refractivity (Wildman–Crippen MR) is 91.5 cm³/mol. The third kappa shape index (κ3) is 4.11. The standard InChI is InChI=1S/C18H20N2O4/c1-12(13-8-9-17(24-3)14(10-13)11-23-2)19-20-18(22)15-6-4-5-7-16(15)21/h4-10,21H,11H2,1-3H3,(H,20,22)/b19-12-. The Hall–Kier alpha value is -2.86. The van der Waals surface area contributed by atoms with Crippen molar-refractivity contribution < 1.29 is 19.4 Å². The molecule has 0 aliphatic heterocycles. The smallest absolute Gasteiger partial charge is 0.275 e. The van der Waals surface area contributed by atoms with Crippen molar-refractivity contribution in [2.45, 2.75) is 13.5 Å². The molecule has 0 atom stereocenters. The van der Waals surface area contributed by atoms with E-state index in [-0.39, 0.29) is 11.3 Å². The first kappa shape index (κ1) is 17.5. The molecule has 0 aliphatic carbocycles. The number of phenols is 1. The first-order chi connectivity index (χ1) is 11.6. The normalized spacial score (nSPS) is 11.2. The number of phenolic OH excluding ortho intramolecular Hbond substituents is 1. The molecule has 2 aromatic carbocycles. The van der Waals surface area contributed by atoms with Crippen molar-refractivity contribution >= 4 is 11.6 Å². The lowest BCUT2D eigenvalue weighted by Crippen LogP contribution is -2.19. The van der Waals surface area contributed by atoms with Gasteiger partial charge in [0, 0.05) is 12.7 Å². The molecule has 6 nitrogen and oxygen atoms in total. The van der Waals surface area contributed by atoms with E-state index in [4.69, 9.17) is 9.47 Å². The van der Waals surface area contributed by atoms with Crippen LogP contribution in [0.5, 0.6) is 11.5 Å². The van der Waals surface area contributed by atoms with Crippen molar-refractivity contribution in [3.8, 4) is 11.5 Å². The van der Waals surface area contributed by atoms with Crippen LogP contribution < -0.4 is 10.2 Å². The van der Waals surface area contributed by atoms with Gasteiger partial charge in [-0.2, -0.15) is 5.10 Å². The van der Waals surface area contributed by atoms with Crippen molar-refractivity contribution in [2.75, 3.05) is 14.2 Å². The Morgan fingerprint density at radius 1 is 1.21 bits per heavy atom. The molecule has 0 saturated heterocycles. The van der Waals surface area contributed by atoms with Crippen molar-refractivity contribution in [1.29, 1.82) is 0 Å². The molecule has 0 unspecified atom stereocenters. The number of carbonyl (C=O) groups is 1.